The zero-order valence-electron chi connectivity index (χ0n) is 14.9. The molecule has 1 aromatic rings. The first-order valence-corrected chi connectivity index (χ1v) is 12.1. The minimum absolute atomic E-state index is 0.203. The van der Waals surface area contributed by atoms with Crippen LogP contribution in [0.3, 0.4) is 0 Å². The van der Waals surface area contributed by atoms with Gasteiger partial charge in [-0.3, -0.25) is 9.09 Å². The summed E-state index contributed by atoms with van der Waals surface area (Å²) in [6.07, 6.45) is -0.222. The molecule has 0 aliphatic carbocycles. The Morgan fingerprint density at radius 2 is 1.90 bits per heavy atom. The Bertz CT molecular complexity index is 1080. The first-order chi connectivity index (χ1) is 14.0. The van der Waals surface area contributed by atoms with Crippen LogP contribution < -0.4 is 11.4 Å². The van der Waals surface area contributed by atoms with Crippen LogP contribution in [0, 0.1) is 12.3 Å². The molecule has 0 aromatic carbocycles. The van der Waals surface area contributed by atoms with Crippen LogP contribution in [0.5, 0.6) is 0 Å². The minimum Gasteiger partial charge on any atom is -0.383 e. The topological polar surface area (TPSA) is 250 Å². The monoisotopic (exact) mass is 509 g/mol. The Kier molecular flexibility index (Phi) is 7.31. The fourth-order valence-electron chi connectivity index (χ4n) is 2.37. The number of alkyl halides is 1. The highest BCUT2D eigenvalue weighted by molar-refractivity contribution is 7.66. The van der Waals surface area contributed by atoms with Crippen LogP contribution in [0.25, 0.3) is 0 Å². The van der Waals surface area contributed by atoms with Crippen molar-refractivity contribution in [3.63, 3.8) is 0 Å². The normalized spacial score (nSPS) is 30.3. The molecule has 20 heteroatoms. The molecule has 1 aliphatic heterocycles. The van der Waals surface area contributed by atoms with Crippen molar-refractivity contribution in [2.24, 2.45) is 0 Å². The molecule has 1 saturated heterocycles. The van der Waals surface area contributed by atoms with Gasteiger partial charge in [0.1, 0.15) is 11.9 Å². The Morgan fingerprint density at radius 1 is 1.29 bits per heavy atom. The molecule has 0 spiro atoms. The number of hydrogen-bond donors (Lipinski definition) is 6. The van der Waals surface area contributed by atoms with Crippen LogP contribution in [0.15, 0.2) is 17.1 Å². The molecule has 2 unspecified atom stereocenters. The van der Waals surface area contributed by atoms with Gasteiger partial charge in [0.25, 0.3) is 0 Å². The molecule has 2 rings (SSSR count). The predicted octanol–water partition coefficient (Wildman–Crippen LogP) is -1.23. The van der Waals surface area contributed by atoms with E-state index in [1.54, 1.807) is 5.92 Å². The van der Waals surface area contributed by atoms with E-state index in [4.69, 9.17) is 31.6 Å². The molecule has 7 N–H and O–H groups in total. The molecular weight excluding hydrogens is 494 g/mol. The SMILES string of the molecule is C#C[C@@]1(O)[C@@H](COP(=O)(O)OP(=O)(O)OP(=O)(O)O)O[C@@H](n2ccc(N)nc2=O)[C@@H]1F. The summed E-state index contributed by atoms with van der Waals surface area (Å²) in [4.78, 5) is 50.7. The fraction of sp³-hybridized carbons (Fsp3) is 0.455. The van der Waals surface area contributed by atoms with Gasteiger partial charge in [-0.25, -0.2) is 22.9 Å². The highest BCUT2D eigenvalue weighted by Crippen LogP contribution is 2.66. The van der Waals surface area contributed by atoms with E-state index in [1.807, 2.05) is 0 Å². The van der Waals surface area contributed by atoms with E-state index in [0.29, 0.717) is 4.57 Å². The molecule has 1 aromatic heterocycles. The van der Waals surface area contributed by atoms with Crippen LogP contribution in [0.1, 0.15) is 6.23 Å². The number of rotatable bonds is 8. The second-order valence-electron chi connectivity index (χ2n) is 5.82. The van der Waals surface area contributed by atoms with Crippen molar-refractivity contribution >= 4 is 29.3 Å². The molecule has 1 fully saturated rings. The Labute approximate surface area is 171 Å². The quantitative estimate of drug-likeness (QED) is 0.177. The summed E-state index contributed by atoms with van der Waals surface area (Å²) in [7, 11) is -17.0. The summed E-state index contributed by atoms with van der Waals surface area (Å²) in [6.45, 7) is -1.25. The lowest BCUT2D eigenvalue weighted by Crippen LogP contribution is -2.46. The zero-order chi connectivity index (χ0) is 23.8. The van der Waals surface area contributed by atoms with Gasteiger partial charge in [-0.05, 0) is 6.07 Å². The Hall–Kier alpha value is -1.50. The Morgan fingerprint density at radius 3 is 2.42 bits per heavy atom. The number of hydrogen-bond acceptors (Lipinski definition) is 11. The van der Waals surface area contributed by atoms with Gasteiger partial charge in [0, 0.05) is 6.20 Å². The van der Waals surface area contributed by atoms with Crippen molar-refractivity contribution < 1.29 is 60.6 Å². The molecular formula is C11H15FN3O13P3. The molecule has 1 aliphatic rings. The zero-order valence-corrected chi connectivity index (χ0v) is 17.5. The van der Waals surface area contributed by atoms with E-state index in [-0.39, 0.29) is 5.82 Å². The first kappa shape index (κ1) is 25.8. The summed E-state index contributed by atoms with van der Waals surface area (Å²) < 4.78 is 65.5. The first-order valence-electron chi connectivity index (χ1n) is 7.62. The third kappa shape index (κ3) is 6.27. The number of nitrogens with zero attached hydrogens (tertiary/aromatic N) is 2. The third-order valence-electron chi connectivity index (χ3n) is 3.63. The second kappa shape index (κ2) is 8.80. The lowest BCUT2D eigenvalue weighted by molar-refractivity contribution is -0.0611. The summed E-state index contributed by atoms with van der Waals surface area (Å²) in [5, 5.41) is 10.4. The van der Waals surface area contributed by atoms with E-state index >= 15 is 0 Å². The average molecular weight is 509 g/mol. The minimum atomic E-state index is -5.80. The lowest BCUT2D eigenvalue weighted by atomic mass is 9.94. The number of anilines is 1. The van der Waals surface area contributed by atoms with Crippen molar-refractivity contribution in [3.05, 3.63) is 22.7 Å². The number of terminal acetylenes is 1. The molecule has 0 amide bonds. The number of phosphoric ester groups is 1. The number of ether oxygens (including phenoxy) is 1. The number of aromatic nitrogens is 2. The number of aliphatic hydroxyl groups is 1. The number of nitrogens with two attached hydrogens (primary N) is 1. The predicted molar refractivity (Wildman–Crippen MR) is 95.3 cm³/mol. The fourth-order valence-corrected chi connectivity index (χ4v) is 5.38. The summed E-state index contributed by atoms with van der Waals surface area (Å²) in [5.41, 5.74) is 1.41. The number of phosphoric acid groups is 3. The van der Waals surface area contributed by atoms with Gasteiger partial charge in [-0.15, -0.1) is 6.42 Å². The molecule has 174 valence electrons. The highest BCUT2D eigenvalue weighted by atomic mass is 31.3. The maximum absolute atomic E-state index is 14.8. The second-order valence-corrected chi connectivity index (χ2v) is 10.2. The molecule has 6 atom stereocenters. The van der Waals surface area contributed by atoms with Crippen LogP contribution >= 0.6 is 23.5 Å². The van der Waals surface area contributed by atoms with Gasteiger partial charge in [-0.1, -0.05) is 5.92 Å². The smallest absolute Gasteiger partial charge is 0.383 e. The lowest BCUT2D eigenvalue weighted by Gasteiger charge is -2.24. The van der Waals surface area contributed by atoms with E-state index in [9.17, 15) is 32.9 Å². The molecule has 0 radical (unpaired) electrons. The van der Waals surface area contributed by atoms with E-state index in [0.717, 1.165) is 12.3 Å². The molecule has 16 nitrogen and oxygen atoms in total. The summed E-state index contributed by atoms with van der Waals surface area (Å²) >= 11 is 0. The number of nitrogen functional groups attached to an aromatic ring is 1. The van der Waals surface area contributed by atoms with Crippen LogP contribution in [-0.2, 0) is 31.6 Å². The van der Waals surface area contributed by atoms with Gasteiger partial charge in [0.2, 0.25) is 0 Å². The van der Waals surface area contributed by atoms with Crippen molar-refractivity contribution in [1.29, 1.82) is 0 Å². The molecule has 0 bridgehead atoms. The number of halogens is 1. The molecule has 0 saturated carbocycles. The maximum Gasteiger partial charge on any atom is 0.490 e. The van der Waals surface area contributed by atoms with Gasteiger partial charge in [-0.2, -0.15) is 13.6 Å². The van der Waals surface area contributed by atoms with Crippen molar-refractivity contribution in [2.75, 3.05) is 12.3 Å². The average Bonchev–Trinajstić information content (AvgIpc) is 2.82. The molecule has 31 heavy (non-hydrogen) atoms. The largest absolute Gasteiger partial charge is 0.490 e. The van der Waals surface area contributed by atoms with Crippen LogP contribution in [0.4, 0.5) is 10.2 Å². The Balaban J connectivity index is 2.19. The summed E-state index contributed by atoms with van der Waals surface area (Å²) in [5.74, 6) is 1.45. The maximum atomic E-state index is 14.8. The van der Waals surface area contributed by atoms with Crippen molar-refractivity contribution in [3.8, 4) is 12.3 Å². The van der Waals surface area contributed by atoms with E-state index < -0.39 is 59.9 Å². The van der Waals surface area contributed by atoms with Crippen LogP contribution in [-0.4, -0.2) is 58.7 Å². The molecule has 2 heterocycles. The van der Waals surface area contributed by atoms with E-state index in [1.165, 1.54) is 0 Å². The van der Waals surface area contributed by atoms with Gasteiger partial charge in [0.05, 0.1) is 6.61 Å². The highest BCUT2D eigenvalue weighted by Gasteiger charge is 2.57. The van der Waals surface area contributed by atoms with Crippen molar-refractivity contribution in [2.45, 2.75) is 24.1 Å². The van der Waals surface area contributed by atoms with E-state index in [2.05, 4.69) is 18.1 Å². The van der Waals surface area contributed by atoms with Gasteiger partial charge in [0.15, 0.2) is 18.0 Å². The van der Waals surface area contributed by atoms with Gasteiger partial charge >= 0.3 is 29.2 Å². The standard InChI is InChI=1S/C11H15FN3O13P3/c1-2-11(17)6(5-25-30(21,22)28-31(23,24)27-29(18,19)20)26-9(8(11)12)15-4-3-7(13)14-10(15)16/h1,3-4,6,8-9,17H,5H2,(H,21,22)(H,23,24)(H2,13,14,16)(H2,18,19,20)/t6-,8+,9-,11-/m1/s1. The van der Waals surface area contributed by atoms with Crippen LogP contribution in [0.2, 0.25) is 0 Å². The van der Waals surface area contributed by atoms with Gasteiger partial charge < -0.3 is 35.2 Å². The van der Waals surface area contributed by atoms with Crippen molar-refractivity contribution in [1.82, 2.24) is 9.55 Å². The third-order valence-corrected chi connectivity index (χ3v) is 7.43. The summed E-state index contributed by atoms with van der Waals surface area (Å²) in [6, 6.07) is 1.10.